The van der Waals surface area contributed by atoms with Gasteiger partial charge in [0, 0.05) is 17.3 Å². The lowest BCUT2D eigenvalue weighted by atomic mass is 9.70. The highest BCUT2D eigenvalue weighted by molar-refractivity contribution is 7.89. The third kappa shape index (κ3) is 6.58. The number of aryl methyl sites for hydroxylation is 1. The van der Waals surface area contributed by atoms with E-state index in [1.165, 1.54) is 24.3 Å². The average molecular weight is 553 g/mol. The second-order valence-corrected chi connectivity index (χ2v) is 12.7. The van der Waals surface area contributed by atoms with Gasteiger partial charge in [0.2, 0.25) is 16.0 Å². The van der Waals surface area contributed by atoms with Crippen molar-refractivity contribution in [2.45, 2.75) is 59.4 Å². The highest BCUT2D eigenvalue weighted by atomic mass is 32.2. The molecule has 2 aromatic carbocycles. The molecular formula is C26H31F3N4O4S. The fourth-order valence-electron chi connectivity index (χ4n) is 5.53. The summed E-state index contributed by atoms with van der Waals surface area (Å²) in [6.45, 7) is 8.38. The standard InChI is InChI=1S/C26H31F3N4O4S/c1-15-10-18(14-25(3,4)13-15)33-22-11-16(2)20(23(34)32-38(5,35)36)12-21(22)31-24(33)30-17-6-8-19(9-7-17)37-26(27,28)29/h6-9,11-12,15,18H,10,13-14H2,1-5H3,(H,30,31)(H,32,34). The van der Waals surface area contributed by atoms with Crippen LogP contribution in [0.3, 0.4) is 0 Å². The van der Waals surface area contributed by atoms with Crippen molar-refractivity contribution in [2.75, 3.05) is 11.6 Å². The molecule has 1 aliphatic carbocycles. The van der Waals surface area contributed by atoms with Crippen LogP contribution in [0.5, 0.6) is 5.75 Å². The monoisotopic (exact) mass is 552 g/mol. The van der Waals surface area contributed by atoms with Gasteiger partial charge in [-0.05, 0) is 79.5 Å². The number of hydrogen-bond donors (Lipinski definition) is 2. The molecule has 8 nitrogen and oxygen atoms in total. The summed E-state index contributed by atoms with van der Waals surface area (Å²) in [5.74, 6) is -0.159. The number of alkyl halides is 3. The summed E-state index contributed by atoms with van der Waals surface area (Å²) in [4.78, 5) is 17.4. The summed E-state index contributed by atoms with van der Waals surface area (Å²) >= 11 is 0. The third-order valence-corrected chi connectivity index (χ3v) is 7.19. The van der Waals surface area contributed by atoms with Gasteiger partial charge in [-0.2, -0.15) is 0 Å². The van der Waals surface area contributed by atoms with Gasteiger partial charge in [0.25, 0.3) is 5.91 Å². The lowest BCUT2D eigenvalue weighted by Crippen LogP contribution is -2.30. The first kappa shape index (κ1) is 27.7. The molecule has 0 aliphatic heterocycles. The fraction of sp³-hybridized carbons (Fsp3) is 0.462. The Hall–Kier alpha value is -3.28. The number of imidazole rings is 1. The maximum Gasteiger partial charge on any atom is 0.573 e. The van der Waals surface area contributed by atoms with Crippen molar-refractivity contribution in [3.63, 3.8) is 0 Å². The maximum atomic E-state index is 12.6. The van der Waals surface area contributed by atoms with E-state index in [0.29, 0.717) is 28.6 Å². The van der Waals surface area contributed by atoms with Crippen molar-refractivity contribution in [3.8, 4) is 5.75 Å². The predicted octanol–water partition coefficient (Wildman–Crippen LogP) is 6.06. The Kier molecular flexibility index (Phi) is 7.15. The maximum absolute atomic E-state index is 12.6. The molecule has 2 atom stereocenters. The Morgan fingerprint density at radius 2 is 1.82 bits per heavy atom. The van der Waals surface area contributed by atoms with Gasteiger partial charge in [-0.15, -0.1) is 13.2 Å². The largest absolute Gasteiger partial charge is 0.573 e. The lowest BCUT2D eigenvalue weighted by molar-refractivity contribution is -0.274. The normalized spacial score (nSPS) is 19.8. The Bertz CT molecular complexity index is 1460. The second kappa shape index (κ2) is 9.79. The summed E-state index contributed by atoms with van der Waals surface area (Å²) < 4.78 is 69.0. The number of sulfonamides is 1. The number of carbonyl (C=O) groups is 1. The van der Waals surface area contributed by atoms with E-state index in [4.69, 9.17) is 4.98 Å². The van der Waals surface area contributed by atoms with E-state index in [1.807, 2.05) is 10.8 Å². The van der Waals surface area contributed by atoms with Crippen LogP contribution in [0.4, 0.5) is 24.8 Å². The van der Waals surface area contributed by atoms with Gasteiger partial charge in [-0.25, -0.2) is 18.1 Å². The quantitative estimate of drug-likeness (QED) is 0.385. The minimum atomic E-state index is -4.79. The van der Waals surface area contributed by atoms with Gasteiger partial charge in [-0.1, -0.05) is 20.8 Å². The van der Waals surface area contributed by atoms with Crippen LogP contribution >= 0.6 is 0 Å². The average Bonchev–Trinajstić information content (AvgIpc) is 3.07. The summed E-state index contributed by atoms with van der Waals surface area (Å²) in [5.41, 5.74) is 2.62. The molecule has 1 heterocycles. The molecule has 38 heavy (non-hydrogen) atoms. The van der Waals surface area contributed by atoms with Crippen LogP contribution in [0.2, 0.25) is 0 Å². The smallest absolute Gasteiger partial charge is 0.406 e. The van der Waals surface area contributed by atoms with Crippen molar-refractivity contribution < 1.29 is 31.1 Å². The number of halogens is 3. The van der Waals surface area contributed by atoms with E-state index < -0.39 is 22.3 Å². The summed E-state index contributed by atoms with van der Waals surface area (Å²) in [6, 6.07) is 8.81. The van der Waals surface area contributed by atoms with E-state index in [-0.39, 0.29) is 22.8 Å². The topological polar surface area (TPSA) is 102 Å². The Morgan fingerprint density at radius 3 is 2.39 bits per heavy atom. The van der Waals surface area contributed by atoms with Crippen LogP contribution in [0, 0.1) is 18.3 Å². The Labute approximate surface area is 219 Å². The first-order valence-corrected chi connectivity index (χ1v) is 14.1. The molecule has 0 spiro atoms. The molecule has 1 aliphatic rings. The highest BCUT2D eigenvalue weighted by Crippen LogP contribution is 2.46. The van der Waals surface area contributed by atoms with Crippen molar-refractivity contribution >= 4 is 38.6 Å². The number of fused-ring (bicyclic) bond motifs is 1. The van der Waals surface area contributed by atoms with Crippen LogP contribution in [-0.4, -0.2) is 36.5 Å². The first-order chi connectivity index (χ1) is 17.5. The number of rotatable bonds is 6. The van der Waals surface area contributed by atoms with E-state index in [1.54, 1.807) is 13.0 Å². The molecule has 2 N–H and O–H groups in total. The van der Waals surface area contributed by atoms with Gasteiger partial charge in [0.15, 0.2) is 0 Å². The predicted molar refractivity (Wildman–Crippen MR) is 139 cm³/mol. The third-order valence-electron chi connectivity index (χ3n) is 6.63. The van der Waals surface area contributed by atoms with E-state index >= 15 is 0 Å². The molecule has 4 rings (SSSR count). The number of hydrogen-bond acceptors (Lipinski definition) is 6. The van der Waals surface area contributed by atoms with Gasteiger partial charge in [-0.3, -0.25) is 4.79 Å². The number of nitrogens with one attached hydrogen (secondary N) is 2. The van der Waals surface area contributed by atoms with E-state index in [0.717, 1.165) is 31.0 Å². The minimum Gasteiger partial charge on any atom is -0.406 e. The number of ether oxygens (including phenoxy) is 1. The summed E-state index contributed by atoms with van der Waals surface area (Å²) in [5, 5.41) is 3.22. The molecule has 1 aromatic heterocycles. The van der Waals surface area contributed by atoms with E-state index in [2.05, 4.69) is 35.4 Å². The van der Waals surface area contributed by atoms with Crippen LogP contribution in [0.25, 0.3) is 11.0 Å². The number of carbonyl (C=O) groups excluding carboxylic acids is 1. The zero-order valence-electron chi connectivity index (χ0n) is 21.8. The van der Waals surface area contributed by atoms with E-state index in [9.17, 15) is 26.4 Å². The molecule has 1 amide bonds. The number of nitrogens with zero attached hydrogens (tertiary/aromatic N) is 2. The van der Waals surface area contributed by atoms with Crippen LogP contribution in [0.15, 0.2) is 36.4 Å². The molecule has 0 saturated heterocycles. The number of amides is 1. The SMILES string of the molecule is Cc1cc2c(cc1C(=O)NS(C)(=O)=O)nc(Nc1ccc(OC(F)(F)F)cc1)n2C1CC(C)CC(C)(C)C1. The summed E-state index contributed by atoms with van der Waals surface area (Å²) in [6.07, 6.45) is -1.02. The minimum absolute atomic E-state index is 0.0733. The fourth-order valence-corrected chi connectivity index (χ4v) is 5.98. The molecule has 0 radical (unpaired) electrons. The molecule has 2 unspecified atom stereocenters. The second-order valence-electron chi connectivity index (χ2n) is 10.9. The molecule has 3 aromatic rings. The van der Waals surface area contributed by atoms with Crippen LogP contribution in [0.1, 0.15) is 62.0 Å². The Morgan fingerprint density at radius 1 is 1.16 bits per heavy atom. The van der Waals surface area contributed by atoms with Crippen LogP contribution < -0.4 is 14.8 Å². The van der Waals surface area contributed by atoms with Crippen molar-refractivity contribution in [2.24, 2.45) is 11.3 Å². The number of aromatic nitrogens is 2. The lowest BCUT2D eigenvalue weighted by Gasteiger charge is -2.40. The molecule has 12 heteroatoms. The van der Waals surface area contributed by atoms with Gasteiger partial charge < -0.3 is 14.6 Å². The number of anilines is 2. The number of benzene rings is 2. The molecular weight excluding hydrogens is 521 g/mol. The van der Waals surface area contributed by atoms with Gasteiger partial charge >= 0.3 is 6.36 Å². The van der Waals surface area contributed by atoms with Crippen LogP contribution in [-0.2, 0) is 10.0 Å². The molecule has 1 fully saturated rings. The zero-order chi connectivity index (χ0) is 28.0. The zero-order valence-corrected chi connectivity index (χ0v) is 22.6. The van der Waals surface area contributed by atoms with Crippen molar-refractivity contribution in [1.82, 2.24) is 14.3 Å². The van der Waals surface area contributed by atoms with Gasteiger partial charge in [0.05, 0.1) is 17.3 Å². The first-order valence-electron chi connectivity index (χ1n) is 12.2. The highest BCUT2D eigenvalue weighted by Gasteiger charge is 2.35. The van der Waals surface area contributed by atoms with Gasteiger partial charge in [0.1, 0.15) is 5.75 Å². The van der Waals surface area contributed by atoms with Crippen molar-refractivity contribution in [1.29, 1.82) is 0 Å². The molecule has 206 valence electrons. The summed E-state index contributed by atoms with van der Waals surface area (Å²) in [7, 11) is -3.75. The Balaban J connectivity index is 1.78. The molecule has 0 bridgehead atoms. The molecule has 1 saturated carbocycles. The van der Waals surface area contributed by atoms with Crippen molar-refractivity contribution in [3.05, 3.63) is 47.5 Å².